The van der Waals surface area contributed by atoms with Crippen LogP contribution in [0.3, 0.4) is 0 Å². The van der Waals surface area contributed by atoms with E-state index in [1.54, 1.807) is 18.2 Å². The summed E-state index contributed by atoms with van der Waals surface area (Å²) in [6, 6.07) is 14.3. The van der Waals surface area contributed by atoms with E-state index in [1.807, 2.05) is 30.3 Å². The van der Waals surface area contributed by atoms with E-state index in [4.69, 9.17) is 11.6 Å². The Hall–Kier alpha value is -1.11. The molecule has 0 aliphatic carbocycles. The van der Waals surface area contributed by atoms with E-state index in [0.29, 0.717) is 10.6 Å². The highest BCUT2D eigenvalue weighted by Crippen LogP contribution is 2.19. The first kappa shape index (κ1) is 15.3. The molecule has 0 radical (unpaired) electrons. The first-order valence-electron chi connectivity index (χ1n) is 6.04. The molecule has 2 aromatic carbocycles. The van der Waals surface area contributed by atoms with Crippen LogP contribution in [-0.2, 0) is 0 Å². The normalized spacial score (nSPS) is 11.9. The molecule has 3 nitrogen and oxygen atoms in total. The third kappa shape index (κ3) is 3.94. The number of amides is 1. The zero-order valence-corrected chi connectivity index (χ0v) is 13.4. The van der Waals surface area contributed by atoms with Gasteiger partial charge >= 0.3 is 0 Å². The van der Waals surface area contributed by atoms with E-state index in [9.17, 15) is 9.90 Å². The van der Waals surface area contributed by atoms with Gasteiger partial charge in [0.2, 0.25) is 0 Å². The molecule has 104 valence electrons. The molecular weight excluding hydrogens is 389 g/mol. The second-order valence-corrected chi connectivity index (χ2v) is 5.83. The van der Waals surface area contributed by atoms with Gasteiger partial charge in [-0.3, -0.25) is 4.79 Å². The van der Waals surface area contributed by atoms with Crippen LogP contribution >= 0.6 is 34.2 Å². The minimum absolute atomic E-state index is 0.159. The Balaban J connectivity index is 1.97. The van der Waals surface area contributed by atoms with Crippen molar-refractivity contribution in [3.8, 4) is 0 Å². The maximum absolute atomic E-state index is 12.0. The highest BCUT2D eigenvalue weighted by atomic mass is 127. The lowest BCUT2D eigenvalue weighted by Gasteiger charge is -2.12. The molecule has 0 saturated heterocycles. The van der Waals surface area contributed by atoms with Crippen molar-refractivity contribution >= 4 is 40.1 Å². The Kier molecular flexibility index (Phi) is 5.39. The molecule has 0 bridgehead atoms. The van der Waals surface area contributed by atoms with Gasteiger partial charge in [0.1, 0.15) is 0 Å². The van der Waals surface area contributed by atoms with Crippen molar-refractivity contribution in [1.82, 2.24) is 5.32 Å². The van der Waals surface area contributed by atoms with Gasteiger partial charge in [-0.2, -0.15) is 0 Å². The summed E-state index contributed by atoms with van der Waals surface area (Å²) in [5.74, 6) is -0.252. The molecule has 1 amide bonds. The van der Waals surface area contributed by atoms with Crippen molar-refractivity contribution in [3.63, 3.8) is 0 Å². The van der Waals surface area contributed by atoms with Gasteiger partial charge < -0.3 is 10.4 Å². The summed E-state index contributed by atoms with van der Waals surface area (Å²) in [6.45, 7) is 0.159. The van der Waals surface area contributed by atoms with Crippen LogP contribution in [-0.4, -0.2) is 17.6 Å². The molecule has 0 aliphatic rings. The monoisotopic (exact) mass is 401 g/mol. The number of hydrogen-bond acceptors (Lipinski definition) is 2. The molecule has 1 unspecified atom stereocenters. The van der Waals surface area contributed by atoms with Crippen molar-refractivity contribution in [2.24, 2.45) is 0 Å². The molecule has 0 spiro atoms. The second kappa shape index (κ2) is 7.06. The Morgan fingerprint density at radius 1 is 1.25 bits per heavy atom. The maximum Gasteiger partial charge on any atom is 0.251 e. The lowest BCUT2D eigenvalue weighted by atomic mass is 10.1. The summed E-state index contributed by atoms with van der Waals surface area (Å²) in [4.78, 5) is 12.0. The first-order valence-corrected chi connectivity index (χ1v) is 7.50. The molecule has 2 rings (SSSR count). The maximum atomic E-state index is 12.0. The number of carbonyl (C=O) groups excluding carboxylic acids is 1. The first-order chi connectivity index (χ1) is 9.58. The van der Waals surface area contributed by atoms with Gasteiger partial charge in [-0.1, -0.05) is 41.9 Å². The van der Waals surface area contributed by atoms with Crippen LogP contribution in [0.25, 0.3) is 0 Å². The fraction of sp³-hybridized carbons (Fsp3) is 0.133. The summed E-state index contributed by atoms with van der Waals surface area (Å²) in [5.41, 5.74) is 1.25. The zero-order valence-electron chi connectivity index (χ0n) is 10.5. The minimum atomic E-state index is -0.723. The molecule has 5 heteroatoms. The number of aliphatic hydroxyl groups is 1. The van der Waals surface area contributed by atoms with Gasteiger partial charge in [-0.05, 0) is 46.4 Å². The molecule has 1 atom stereocenters. The van der Waals surface area contributed by atoms with Crippen molar-refractivity contribution in [1.29, 1.82) is 0 Å². The van der Waals surface area contributed by atoms with Crippen molar-refractivity contribution in [3.05, 3.63) is 68.3 Å². The van der Waals surface area contributed by atoms with E-state index < -0.39 is 6.10 Å². The largest absolute Gasteiger partial charge is 0.387 e. The Morgan fingerprint density at radius 3 is 2.60 bits per heavy atom. The van der Waals surface area contributed by atoms with Gasteiger partial charge in [-0.15, -0.1) is 0 Å². The molecule has 20 heavy (non-hydrogen) atoms. The molecule has 2 aromatic rings. The molecule has 0 fully saturated rings. The number of aliphatic hydroxyl groups excluding tert-OH is 1. The Labute approximate surface area is 136 Å². The van der Waals surface area contributed by atoms with Crippen LogP contribution in [0.4, 0.5) is 0 Å². The third-order valence-corrected chi connectivity index (χ3v) is 4.39. The van der Waals surface area contributed by atoms with Crippen molar-refractivity contribution < 1.29 is 9.90 Å². The van der Waals surface area contributed by atoms with E-state index in [-0.39, 0.29) is 12.5 Å². The van der Waals surface area contributed by atoms with E-state index in [2.05, 4.69) is 27.9 Å². The van der Waals surface area contributed by atoms with Crippen molar-refractivity contribution in [2.45, 2.75) is 6.10 Å². The van der Waals surface area contributed by atoms with Gasteiger partial charge in [0.05, 0.1) is 11.1 Å². The fourth-order valence-electron chi connectivity index (χ4n) is 1.72. The number of hydrogen-bond donors (Lipinski definition) is 2. The van der Waals surface area contributed by atoms with E-state index >= 15 is 0 Å². The lowest BCUT2D eigenvalue weighted by molar-refractivity contribution is 0.0916. The number of halogens is 2. The predicted octanol–water partition coefficient (Wildman–Crippen LogP) is 3.41. The van der Waals surface area contributed by atoms with Gasteiger partial charge in [0.25, 0.3) is 5.91 Å². The van der Waals surface area contributed by atoms with Gasteiger partial charge in [-0.25, -0.2) is 0 Å². The topological polar surface area (TPSA) is 49.3 Å². The molecule has 0 saturated carbocycles. The second-order valence-electron chi connectivity index (χ2n) is 4.27. The Bertz CT molecular complexity index is 604. The summed E-state index contributed by atoms with van der Waals surface area (Å²) in [5, 5.41) is 13.2. The van der Waals surface area contributed by atoms with Crippen LogP contribution in [0.2, 0.25) is 5.02 Å². The summed E-state index contributed by atoms with van der Waals surface area (Å²) >= 11 is 8.08. The number of benzene rings is 2. The van der Waals surface area contributed by atoms with Crippen molar-refractivity contribution in [2.75, 3.05) is 6.54 Å². The average Bonchev–Trinajstić information content (AvgIpc) is 2.48. The number of nitrogens with one attached hydrogen (secondary N) is 1. The van der Waals surface area contributed by atoms with E-state index in [0.717, 1.165) is 9.13 Å². The zero-order chi connectivity index (χ0) is 14.5. The smallest absolute Gasteiger partial charge is 0.251 e. The highest BCUT2D eigenvalue weighted by Gasteiger charge is 2.11. The summed E-state index contributed by atoms with van der Waals surface area (Å²) in [6.07, 6.45) is -0.723. The van der Waals surface area contributed by atoms with Crippen LogP contribution < -0.4 is 5.32 Å². The summed E-state index contributed by atoms with van der Waals surface area (Å²) in [7, 11) is 0. The molecule has 2 N–H and O–H groups in total. The molecule has 0 heterocycles. The highest BCUT2D eigenvalue weighted by molar-refractivity contribution is 14.1. The van der Waals surface area contributed by atoms with Crippen LogP contribution in [0.1, 0.15) is 22.0 Å². The SMILES string of the molecule is O=C(NCC(O)c1ccccc1)c1ccc(I)c(Cl)c1. The molecule has 0 aliphatic heterocycles. The lowest BCUT2D eigenvalue weighted by Crippen LogP contribution is -2.28. The fourth-order valence-corrected chi connectivity index (χ4v) is 2.24. The number of rotatable bonds is 4. The molecular formula is C15H13ClINO2. The van der Waals surface area contributed by atoms with Crippen LogP contribution in [0, 0.1) is 3.57 Å². The van der Waals surface area contributed by atoms with E-state index in [1.165, 1.54) is 0 Å². The van der Waals surface area contributed by atoms with Gasteiger partial charge in [0.15, 0.2) is 0 Å². The van der Waals surface area contributed by atoms with Crippen LogP contribution in [0.5, 0.6) is 0 Å². The quantitative estimate of drug-likeness (QED) is 0.772. The Morgan fingerprint density at radius 2 is 1.95 bits per heavy atom. The van der Waals surface area contributed by atoms with Crippen LogP contribution in [0.15, 0.2) is 48.5 Å². The molecule has 0 aromatic heterocycles. The average molecular weight is 402 g/mol. The summed E-state index contributed by atoms with van der Waals surface area (Å²) < 4.78 is 0.894. The van der Waals surface area contributed by atoms with Gasteiger partial charge in [0, 0.05) is 15.7 Å². The minimum Gasteiger partial charge on any atom is -0.387 e. The third-order valence-electron chi connectivity index (χ3n) is 2.82. The predicted molar refractivity (Wildman–Crippen MR) is 87.9 cm³/mol. The number of carbonyl (C=O) groups is 1. The standard InChI is InChI=1S/C15H13ClINO2/c16-12-8-11(6-7-13(12)17)15(20)18-9-14(19)10-4-2-1-3-5-10/h1-8,14,19H,9H2,(H,18,20).